The summed E-state index contributed by atoms with van der Waals surface area (Å²) in [5, 5.41) is 14.3. The normalized spacial score (nSPS) is 12.7. The molecule has 5 amide bonds. The average Bonchev–Trinajstić information content (AvgIpc) is 3.14. The van der Waals surface area contributed by atoms with E-state index in [9.17, 15) is 24.0 Å². The predicted molar refractivity (Wildman–Crippen MR) is 241 cm³/mol. The van der Waals surface area contributed by atoms with Gasteiger partial charge in [0.2, 0.25) is 17.7 Å². The van der Waals surface area contributed by atoms with Crippen molar-refractivity contribution in [2.24, 2.45) is 0 Å². The maximum absolute atomic E-state index is 13.2. The first kappa shape index (κ1) is 55.7. The van der Waals surface area contributed by atoms with Crippen molar-refractivity contribution < 1.29 is 33.4 Å². The van der Waals surface area contributed by atoms with Crippen molar-refractivity contribution >= 4 is 29.9 Å². The molecule has 0 saturated carbocycles. The lowest BCUT2D eigenvalue weighted by Gasteiger charge is -2.23. The summed E-state index contributed by atoms with van der Waals surface area (Å²) in [5.74, 6) is -0.594. The predicted octanol–water partition coefficient (Wildman–Crippen LogP) is 10.5. The van der Waals surface area contributed by atoms with E-state index >= 15 is 0 Å². The zero-order valence-electron chi connectivity index (χ0n) is 39.0. The number of hydrogen-bond donors (Lipinski definition) is 5. The van der Waals surface area contributed by atoms with Gasteiger partial charge in [-0.05, 0) is 119 Å². The van der Waals surface area contributed by atoms with Crippen molar-refractivity contribution in [2.75, 3.05) is 19.6 Å². The molecular weight excluding hydrogens is 747 g/mol. The Kier molecular flexibility index (Phi) is 33.5. The van der Waals surface area contributed by atoms with Crippen LogP contribution in [-0.2, 0) is 23.9 Å². The van der Waals surface area contributed by atoms with E-state index in [0.29, 0.717) is 64.6 Å². The van der Waals surface area contributed by atoms with Crippen LogP contribution in [0, 0.1) is 0 Å². The van der Waals surface area contributed by atoms with E-state index in [1.807, 2.05) is 0 Å². The molecule has 5 N–H and O–H groups in total. The van der Waals surface area contributed by atoms with E-state index in [1.54, 1.807) is 41.5 Å². The van der Waals surface area contributed by atoms with Gasteiger partial charge in [0.15, 0.2) is 0 Å². The van der Waals surface area contributed by atoms with Gasteiger partial charge in [-0.3, -0.25) is 14.4 Å². The van der Waals surface area contributed by atoms with Crippen molar-refractivity contribution in [2.45, 2.75) is 239 Å². The Hall–Kier alpha value is -3.31. The van der Waals surface area contributed by atoms with E-state index in [-0.39, 0.29) is 17.7 Å². The van der Waals surface area contributed by atoms with Crippen LogP contribution in [0.4, 0.5) is 9.59 Å². The minimum atomic E-state index is -0.821. The molecule has 2 atom stereocenters. The molecule has 12 nitrogen and oxygen atoms in total. The summed E-state index contributed by atoms with van der Waals surface area (Å²) in [7, 11) is 0. The standard InChI is InChI=1S/C47H89N5O7/c1-9-11-13-15-16-17-18-19-20-21-22-23-24-25-27-35-41(53)51-39(42(54)48-36-30-26-14-12-10-2)33-28-31-37-49-43(55)40(52-45(57)59-47(6,7)8)34-29-32-38-50-44(56)58-46(3,4)5/h19-20,39-40H,9-18,21-38H2,1-8H3,(H,48,54)(H,49,55)(H,50,56)(H,51,53)(H,52,57). The molecule has 2 unspecified atom stereocenters. The van der Waals surface area contributed by atoms with E-state index in [2.05, 4.69) is 52.6 Å². The van der Waals surface area contributed by atoms with E-state index in [1.165, 1.54) is 57.8 Å². The fourth-order valence-corrected chi connectivity index (χ4v) is 6.46. The Morgan fingerprint density at radius 2 is 0.847 bits per heavy atom. The maximum Gasteiger partial charge on any atom is 0.408 e. The van der Waals surface area contributed by atoms with Crippen molar-refractivity contribution in [1.29, 1.82) is 0 Å². The summed E-state index contributed by atoms with van der Waals surface area (Å²) in [5.41, 5.74) is -1.32. The van der Waals surface area contributed by atoms with E-state index in [4.69, 9.17) is 9.47 Å². The van der Waals surface area contributed by atoms with E-state index < -0.39 is 35.5 Å². The van der Waals surface area contributed by atoms with Crippen molar-refractivity contribution in [1.82, 2.24) is 26.6 Å². The first-order valence-corrected chi connectivity index (χ1v) is 23.5. The molecule has 0 aromatic rings. The third kappa shape index (κ3) is 37.4. The lowest BCUT2D eigenvalue weighted by Crippen LogP contribution is -2.48. The Bertz CT molecular complexity index is 1150. The molecule has 0 aliphatic rings. The lowest BCUT2D eigenvalue weighted by molar-refractivity contribution is -0.129. The molecule has 59 heavy (non-hydrogen) atoms. The Morgan fingerprint density at radius 3 is 1.34 bits per heavy atom. The highest BCUT2D eigenvalue weighted by Gasteiger charge is 2.25. The van der Waals surface area contributed by atoms with Gasteiger partial charge in [0.25, 0.3) is 0 Å². The molecule has 0 heterocycles. The number of unbranched alkanes of at least 4 members (excludes halogenated alkanes) is 17. The number of carbonyl (C=O) groups is 5. The van der Waals surface area contributed by atoms with Crippen LogP contribution in [0.2, 0.25) is 0 Å². The number of ether oxygens (including phenoxy) is 2. The number of allylic oxidation sites excluding steroid dienone is 2. The summed E-state index contributed by atoms with van der Waals surface area (Å²) >= 11 is 0. The highest BCUT2D eigenvalue weighted by Crippen LogP contribution is 2.12. The molecular formula is C47H89N5O7. The summed E-state index contributed by atoms with van der Waals surface area (Å²) in [6, 6.07) is -1.45. The molecule has 0 radical (unpaired) electrons. The first-order valence-electron chi connectivity index (χ1n) is 23.5. The van der Waals surface area contributed by atoms with Gasteiger partial charge in [-0.25, -0.2) is 9.59 Å². The number of amides is 5. The summed E-state index contributed by atoms with van der Waals surface area (Å²) in [6.45, 7) is 16.4. The van der Waals surface area contributed by atoms with Crippen LogP contribution in [-0.4, -0.2) is 72.8 Å². The van der Waals surface area contributed by atoms with Gasteiger partial charge in [-0.15, -0.1) is 0 Å². The summed E-state index contributed by atoms with van der Waals surface area (Å²) in [4.78, 5) is 63.9. The van der Waals surface area contributed by atoms with Gasteiger partial charge in [-0.1, -0.05) is 103 Å². The molecule has 0 rings (SSSR count). The molecule has 0 fully saturated rings. The Labute approximate surface area is 360 Å². The Morgan fingerprint density at radius 1 is 0.458 bits per heavy atom. The van der Waals surface area contributed by atoms with Crippen LogP contribution in [0.15, 0.2) is 12.2 Å². The minimum absolute atomic E-state index is 0.101. The maximum atomic E-state index is 13.2. The van der Waals surface area contributed by atoms with Gasteiger partial charge < -0.3 is 36.1 Å². The topological polar surface area (TPSA) is 164 Å². The molecule has 0 saturated heterocycles. The highest BCUT2D eigenvalue weighted by molar-refractivity contribution is 5.87. The Balaban J connectivity index is 4.86. The second-order valence-electron chi connectivity index (χ2n) is 18.1. The number of hydrogen-bond acceptors (Lipinski definition) is 7. The molecule has 344 valence electrons. The molecule has 12 heteroatoms. The van der Waals surface area contributed by atoms with Gasteiger partial charge in [-0.2, -0.15) is 0 Å². The number of rotatable bonds is 35. The van der Waals surface area contributed by atoms with Crippen LogP contribution in [0.5, 0.6) is 0 Å². The number of alkyl carbamates (subject to hydrolysis) is 2. The smallest absolute Gasteiger partial charge is 0.408 e. The van der Waals surface area contributed by atoms with Gasteiger partial charge in [0, 0.05) is 26.1 Å². The number of carbonyl (C=O) groups excluding carboxylic acids is 5. The summed E-state index contributed by atoms with van der Waals surface area (Å²) < 4.78 is 10.7. The van der Waals surface area contributed by atoms with Crippen molar-refractivity contribution in [3.63, 3.8) is 0 Å². The zero-order chi connectivity index (χ0) is 44.2. The lowest BCUT2D eigenvalue weighted by atomic mass is 10.1. The van der Waals surface area contributed by atoms with E-state index in [0.717, 1.165) is 57.8 Å². The molecule has 0 aliphatic carbocycles. The monoisotopic (exact) mass is 836 g/mol. The van der Waals surface area contributed by atoms with Gasteiger partial charge in [0.1, 0.15) is 23.3 Å². The van der Waals surface area contributed by atoms with Crippen LogP contribution >= 0.6 is 0 Å². The molecule has 0 bridgehead atoms. The molecule has 0 aromatic carbocycles. The molecule has 0 aliphatic heterocycles. The van der Waals surface area contributed by atoms with Crippen LogP contribution in [0.25, 0.3) is 0 Å². The molecule has 0 spiro atoms. The SMILES string of the molecule is CCCCCCCCC=CCCCCCCCC(=O)NC(CCCCNC(=O)C(CCCCNC(=O)OC(C)(C)C)NC(=O)OC(C)(C)C)C(=O)NCCCCCCC. The van der Waals surface area contributed by atoms with Gasteiger partial charge in [0.05, 0.1) is 0 Å². The molecule has 0 aromatic heterocycles. The van der Waals surface area contributed by atoms with Gasteiger partial charge >= 0.3 is 12.2 Å². The van der Waals surface area contributed by atoms with Crippen LogP contribution in [0.3, 0.4) is 0 Å². The fourth-order valence-electron chi connectivity index (χ4n) is 6.46. The van der Waals surface area contributed by atoms with Crippen LogP contribution < -0.4 is 26.6 Å². The fraction of sp³-hybridized carbons (Fsp3) is 0.851. The largest absolute Gasteiger partial charge is 0.444 e. The minimum Gasteiger partial charge on any atom is -0.444 e. The second kappa shape index (κ2) is 35.4. The first-order chi connectivity index (χ1) is 28.1. The quantitative estimate of drug-likeness (QED) is 0.0313. The average molecular weight is 836 g/mol. The summed E-state index contributed by atoms with van der Waals surface area (Å²) in [6.07, 6.45) is 28.1. The number of nitrogens with one attached hydrogen (secondary N) is 5. The highest BCUT2D eigenvalue weighted by atomic mass is 16.6. The van der Waals surface area contributed by atoms with Crippen molar-refractivity contribution in [3.8, 4) is 0 Å². The zero-order valence-corrected chi connectivity index (χ0v) is 39.0. The second-order valence-corrected chi connectivity index (χ2v) is 18.1. The third-order valence-corrected chi connectivity index (χ3v) is 9.71. The van der Waals surface area contributed by atoms with Crippen LogP contribution in [0.1, 0.15) is 216 Å². The van der Waals surface area contributed by atoms with Crippen molar-refractivity contribution in [3.05, 3.63) is 12.2 Å². The third-order valence-electron chi connectivity index (χ3n) is 9.71.